The Bertz CT molecular complexity index is 1260. The van der Waals surface area contributed by atoms with E-state index in [0.717, 1.165) is 28.3 Å². The molecule has 0 radical (unpaired) electrons. The second-order valence-electron chi connectivity index (χ2n) is 8.40. The lowest BCUT2D eigenvalue weighted by Gasteiger charge is -2.36. The zero-order valence-electron chi connectivity index (χ0n) is 18.1. The molecule has 33 heavy (non-hydrogen) atoms. The summed E-state index contributed by atoms with van der Waals surface area (Å²) >= 11 is 1.54. The molecule has 0 unspecified atom stereocenters. The molecule has 0 saturated heterocycles. The number of amides is 1. The number of Topliss-reactive ketones (excluding diaryl/α,β-unsaturated/α-hetero) is 1. The van der Waals surface area contributed by atoms with Gasteiger partial charge < -0.3 is 10.6 Å². The van der Waals surface area contributed by atoms with Crippen molar-refractivity contribution in [2.45, 2.75) is 31.6 Å². The molecule has 2 atom stereocenters. The van der Waals surface area contributed by atoms with Gasteiger partial charge in [0, 0.05) is 39.5 Å². The SMILES string of the molecule is CC1=C(C(=O)Nc2ccc(F)cc2)[C@H](c2cccs2)C2=C(C[C@H](c3ccccc3)CC2=O)N1. The third-order valence-electron chi connectivity index (χ3n) is 6.27. The third-order valence-corrected chi connectivity index (χ3v) is 7.21. The number of hydrogen-bond donors (Lipinski definition) is 2. The van der Waals surface area contributed by atoms with Gasteiger partial charge >= 0.3 is 0 Å². The molecule has 0 bridgehead atoms. The van der Waals surface area contributed by atoms with Crippen LogP contribution < -0.4 is 10.6 Å². The molecule has 5 rings (SSSR count). The summed E-state index contributed by atoms with van der Waals surface area (Å²) in [4.78, 5) is 27.9. The maximum Gasteiger partial charge on any atom is 0.254 e. The number of ketones is 1. The van der Waals surface area contributed by atoms with Crippen molar-refractivity contribution in [2.24, 2.45) is 0 Å². The van der Waals surface area contributed by atoms with Crippen LogP contribution in [-0.4, -0.2) is 11.7 Å². The number of rotatable bonds is 4. The Morgan fingerprint density at radius 3 is 2.48 bits per heavy atom. The summed E-state index contributed by atoms with van der Waals surface area (Å²) < 4.78 is 13.3. The number of nitrogens with one attached hydrogen (secondary N) is 2. The summed E-state index contributed by atoms with van der Waals surface area (Å²) in [7, 11) is 0. The lowest BCUT2D eigenvalue weighted by atomic mass is 9.73. The third kappa shape index (κ3) is 4.14. The summed E-state index contributed by atoms with van der Waals surface area (Å²) in [6, 6.07) is 19.7. The first-order valence-corrected chi connectivity index (χ1v) is 11.8. The van der Waals surface area contributed by atoms with Crippen molar-refractivity contribution in [1.29, 1.82) is 0 Å². The van der Waals surface area contributed by atoms with Crippen LogP contribution in [0.5, 0.6) is 0 Å². The first-order chi connectivity index (χ1) is 16.0. The van der Waals surface area contributed by atoms with Crippen LogP contribution in [0.1, 0.15) is 42.0 Å². The van der Waals surface area contributed by atoms with E-state index in [9.17, 15) is 14.0 Å². The van der Waals surface area contributed by atoms with E-state index in [0.29, 0.717) is 23.3 Å². The van der Waals surface area contributed by atoms with E-state index in [1.54, 1.807) is 0 Å². The van der Waals surface area contributed by atoms with Gasteiger partial charge in [-0.3, -0.25) is 9.59 Å². The number of dihydropyridines is 1. The summed E-state index contributed by atoms with van der Waals surface area (Å²) in [5.74, 6) is -0.915. The van der Waals surface area contributed by atoms with E-state index >= 15 is 0 Å². The lowest BCUT2D eigenvalue weighted by Crippen LogP contribution is -2.36. The average Bonchev–Trinajstić information content (AvgIpc) is 3.35. The zero-order chi connectivity index (χ0) is 22.9. The van der Waals surface area contributed by atoms with Crippen molar-refractivity contribution in [3.63, 3.8) is 0 Å². The fourth-order valence-corrected chi connectivity index (χ4v) is 5.62. The van der Waals surface area contributed by atoms with Gasteiger partial charge in [0.15, 0.2) is 5.78 Å². The van der Waals surface area contributed by atoms with Gasteiger partial charge in [-0.15, -0.1) is 11.3 Å². The molecule has 3 aromatic rings. The first kappa shape index (κ1) is 21.3. The fraction of sp³-hybridized carbons (Fsp3) is 0.185. The highest BCUT2D eigenvalue weighted by atomic mass is 32.1. The summed E-state index contributed by atoms with van der Waals surface area (Å²) in [5, 5.41) is 8.22. The molecule has 0 fully saturated rings. The zero-order valence-corrected chi connectivity index (χ0v) is 18.9. The molecule has 6 heteroatoms. The normalized spacial score (nSPS) is 20.4. The number of hydrogen-bond acceptors (Lipinski definition) is 4. The highest BCUT2D eigenvalue weighted by molar-refractivity contribution is 7.10. The second-order valence-corrected chi connectivity index (χ2v) is 9.38. The number of allylic oxidation sites excluding steroid dienone is 3. The van der Waals surface area contributed by atoms with Crippen molar-refractivity contribution in [3.8, 4) is 0 Å². The maximum absolute atomic E-state index is 13.5. The fourth-order valence-electron chi connectivity index (χ4n) is 4.77. The summed E-state index contributed by atoms with van der Waals surface area (Å²) in [6.07, 6.45) is 1.13. The van der Waals surface area contributed by atoms with Crippen LogP contribution in [-0.2, 0) is 9.59 Å². The number of benzene rings is 2. The van der Waals surface area contributed by atoms with Gasteiger partial charge in [-0.25, -0.2) is 4.39 Å². The van der Waals surface area contributed by atoms with E-state index in [4.69, 9.17) is 0 Å². The Kier molecular flexibility index (Phi) is 5.68. The number of halogens is 1. The second kappa shape index (κ2) is 8.79. The van der Waals surface area contributed by atoms with Gasteiger partial charge in [0.1, 0.15) is 5.82 Å². The highest BCUT2D eigenvalue weighted by Gasteiger charge is 2.41. The number of thiophene rings is 1. The molecule has 1 amide bonds. The smallest absolute Gasteiger partial charge is 0.254 e. The predicted molar refractivity (Wildman–Crippen MR) is 128 cm³/mol. The quantitative estimate of drug-likeness (QED) is 0.513. The topological polar surface area (TPSA) is 58.2 Å². The van der Waals surface area contributed by atoms with E-state index < -0.39 is 5.92 Å². The van der Waals surface area contributed by atoms with Crippen LogP contribution in [0.2, 0.25) is 0 Å². The molecule has 2 N–H and O–H groups in total. The Morgan fingerprint density at radius 2 is 1.79 bits per heavy atom. The van der Waals surface area contributed by atoms with Crippen LogP contribution in [0.25, 0.3) is 0 Å². The Labute approximate surface area is 195 Å². The van der Waals surface area contributed by atoms with Crippen molar-refractivity contribution < 1.29 is 14.0 Å². The van der Waals surface area contributed by atoms with Crippen LogP contribution >= 0.6 is 11.3 Å². The molecule has 1 aromatic heterocycles. The van der Waals surface area contributed by atoms with Crippen molar-refractivity contribution in [3.05, 3.63) is 111 Å². The maximum atomic E-state index is 13.5. The predicted octanol–water partition coefficient (Wildman–Crippen LogP) is 5.89. The largest absolute Gasteiger partial charge is 0.362 e. The number of anilines is 1. The molecule has 0 saturated carbocycles. The van der Waals surface area contributed by atoms with E-state index in [2.05, 4.69) is 22.8 Å². The van der Waals surface area contributed by atoms with Crippen LogP contribution in [0.4, 0.5) is 10.1 Å². The van der Waals surface area contributed by atoms with E-state index in [1.807, 2.05) is 42.6 Å². The van der Waals surface area contributed by atoms with Gasteiger partial charge in [0.2, 0.25) is 0 Å². The minimum atomic E-state index is -0.425. The molecular formula is C27H23FN2O2S. The van der Waals surface area contributed by atoms with Crippen molar-refractivity contribution in [2.75, 3.05) is 5.32 Å². The number of carbonyl (C=O) groups excluding carboxylic acids is 2. The van der Waals surface area contributed by atoms with Gasteiger partial charge in [-0.1, -0.05) is 36.4 Å². The van der Waals surface area contributed by atoms with Crippen LogP contribution in [0.3, 0.4) is 0 Å². The Balaban J connectivity index is 1.52. The van der Waals surface area contributed by atoms with Gasteiger partial charge in [-0.05, 0) is 60.5 Å². The Hall–Kier alpha value is -3.51. The Morgan fingerprint density at radius 1 is 1.03 bits per heavy atom. The minimum absolute atomic E-state index is 0.0654. The molecule has 2 aliphatic rings. The molecule has 4 nitrogen and oxygen atoms in total. The minimum Gasteiger partial charge on any atom is -0.362 e. The molecular weight excluding hydrogens is 435 g/mol. The summed E-state index contributed by atoms with van der Waals surface area (Å²) in [6.45, 7) is 1.88. The molecule has 0 spiro atoms. The average molecular weight is 459 g/mol. The molecule has 1 aliphatic carbocycles. The molecule has 2 heterocycles. The molecule has 2 aromatic carbocycles. The first-order valence-electron chi connectivity index (χ1n) is 10.9. The van der Waals surface area contributed by atoms with E-state index in [1.165, 1.54) is 35.6 Å². The van der Waals surface area contributed by atoms with E-state index in [-0.39, 0.29) is 23.4 Å². The van der Waals surface area contributed by atoms with Gasteiger partial charge in [0.05, 0.1) is 5.92 Å². The monoisotopic (exact) mass is 458 g/mol. The van der Waals surface area contributed by atoms with Crippen molar-refractivity contribution >= 4 is 28.7 Å². The number of carbonyl (C=O) groups is 2. The van der Waals surface area contributed by atoms with Crippen LogP contribution in [0.15, 0.2) is 94.7 Å². The van der Waals surface area contributed by atoms with Crippen molar-refractivity contribution in [1.82, 2.24) is 5.32 Å². The molecule has 1 aliphatic heterocycles. The van der Waals surface area contributed by atoms with Crippen LogP contribution in [0, 0.1) is 5.82 Å². The summed E-state index contributed by atoms with van der Waals surface area (Å²) in [5.41, 5.74) is 4.48. The van der Waals surface area contributed by atoms with Gasteiger partial charge in [0.25, 0.3) is 5.91 Å². The van der Waals surface area contributed by atoms with Gasteiger partial charge in [-0.2, -0.15) is 0 Å². The molecule has 166 valence electrons. The highest BCUT2D eigenvalue weighted by Crippen LogP contribution is 2.46. The lowest BCUT2D eigenvalue weighted by molar-refractivity contribution is -0.116. The standard InChI is InChI=1S/C27H23FN2O2S/c1-16-24(27(32)30-20-11-9-19(28)10-12-20)26(23-8-5-13-33-23)25-21(29-16)14-18(15-22(25)31)17-6-3-2-4-7-17/h2-13,18,26,29H,14-15H2,1H3,(H,30,32)/t18-,26-/m0/s1.